The maximum atomic E-state index is 13.3. The highest BCUT2D eigenvalue weighted by molar-refractivity contribution is 7.20. The highest BCUT2D eigenvalue weighted by atomic mass is 32.1. The van der Waals surface area contributed by atoms with Gasteiger partial charge < -0.3 is 10.2 Å². The van der Waals surface area contributed by atoms with E-state index in [1.165, 1.54) is 41.2 Å². The van der Waals surface area contributed by atoms with Crippen LogP contribution in [0.3, 0.4) is 0 Å². The minimum atomic E-state index is -0.699. The first-order valence-corrected chi connectivity index (χ1v) is 12.7. The Kier molecular flexibility index (Phi) is 6.26. The fourth-order valence-corrected chi connectivity index (χ4v) is 5.42. The molecule has 1 aliphatic heterocycles. The largest absolute Gasteiger partial charge is 0.372 e. The van der Waals surface area contributed by atoms with Gasteiger partial charge in [-0.1, -0.05) is 12.1 Å². The van der Waals surface area contributed by atoms with E-state index >= 15 is 0 Å². The molecule has 7 nitrogen and oxygen atoms in total. The summed E-state index contributed by atoms with van der Waals surface area (Å²) in [6, 6.07) is 15.5. The van der Waals surface area contributed by atoms with Crippen molar-refractivity contribution in [2.75, 3.05) is 29.9 Å². The molecule has 2 aromatic carbocycles. The van der Waals surface area contributed by atoms with Gasteiger partial charge in [-0.2, -0.15) is 5.10 Å². The Morgan fingerprint density at radius 2 is 1.75 bits per heavy atom. The molecule has 0 unspecified atom stereocenters. The van der Waals surface area contributed by atoms with Crippen molar-refractivity contribution in [1.29, 1.82) is 0 Å². The van der Waals surface area contributed by atoms with E-state index in [0.717, 1.165) is 24.3 Å². The second kappa shape index (κ2) is 9.39. The molecule has 1 aliphatic rings. The number of aromatic amines is 1. The quantitative estimate of drug-likeness (QED) is 0.372. The summed E-state index contributed by atoms with van der Waals surface area (Å²) in [6.07, 6.45) is 2.40. The number of hydrogen-bond acceptors (Lipinski definition) is 5. The topological polar surface area (TPSA) is 81.3 Å². The molecule has 2 N–H and O–H groups in total. The predicted molar refractivity (Wildman–Crippen MR) is 141 cm³/mol. The third kappa shape index (κ3) is 4.58. The smallest absolute Gasteiger partial charge is 0.262 e. The van der Waals surface area contributed by atoms with Crippen molar-refractivity contribution >= 4 is 44.9 Å². The molecule has 5 rings (SSSR count). The molecule has 36 heavy (non-hydrogen) atoms. The lowest BCUT2D eigenvalue weighted by atomic mass is 9.94. The van der Waals surface area contributed by atoms with Crippen LogP contribution in [0.5, 0.6) is 0 Å². The number of carbonyl (C=O) groups is 2. The van der Waals surface area contributed by atoms with Crippen LogP contribution in [0.15, 0.2) is 54.6 Å². The van der Waals surface area contributed by atoms with Gasteiger partial charge in [0.15, 0.2) is 0 Å². The van der Waals surface area contributed by atoms with Crippen LogP contribution in [0.1, 0.15) is 52.3 Å². The first-order chi connectivity index (χ1) is 17.2. The van der Waals surface area contributed by atoms with Crippen molar-refractivity contribution < 1.29 is 14.0 Å². The van der Waals surface area contributed by atoms with Crippen LogP contribution < -0.4 is 15.1 Å². The van der Waals surface area contributed by atoms with Crippen LogP contribution in [-0.2, 0) is 5.54 Å². The molecule has 3 heterocycles. The summed E-state index contributed by atoms with van der Waals surface area (Å²) in [5, 5.41) is 11.0. The lowest BCUT2D eigenvalue weighted by Gasteiger charge is -2.26. The van der Waals surface area contributed by atoms with E-state index in [9.17, 15) is 14.0 Å². The van der Waals surface area contributed by atoms with Gasteiger partial charge in [-0.25, -0.2) is 4.39 Å². The lowest BCUT2D eigenvalue weighted by molar-refractivity contribution is 0.0915. The molecule has 186 valence electrons. The van der Waals surface area contributed by atoms with E-state index in [1.807, 2.05) is 38.1 Å². The van der Waals surface area contributed by atoms with Crippen LogP contribution in [0.4, 0.5) is 15.9 Å². The summed E-state index contributed by atoms with van der Waals surface area (Å²) in [5.41, 5.74) is 1.81. The highest BCUT2D eigenvalue weighted by Crippen LogP contribution is 2.32. The summed E-state index contributed by atoms with van der Waals surface area (Å²) in [6.45, 7) is 5.83. The number of fused-ring (bicyclic) bond motifs is 1. The van der Waals surface area contributed by atoms with E-state index in [1.54, 1.807) is 25.2 Å². The SMILES string of the molecule is CN(C(=O)c1ccc(N2CCCC2)cc1)c1[nH]nc2sc(C(=O)NC(C)(C)c3ccc(F)cc3)cc12. The maximum absolute atomic E-state index is 13.3. The maximum Gasteiger partial charge on any atom is 0.262 e. The molecule has 2 amide bonds. The minimum Gasteiger partial charge on any atom is -0.372 e. The Morgan fingerprint density at radius 1 is 1.08 bits per heavy atom. The van der Waals surface area contributed by atoms with Gasteiger partial charge in [-0.05, 0) is 74.7 Å². The number of nitrogens with one attached hydrogen (secondary N) is 2. The van der Waals surface area contributed by atoms with Crippen molar-refractivity contribution in [3.63, 3.8) is 0 Å². The molecular weight excluding hydrogens is 477 g/mol. The number of thiophene rings is 1. The number of benzene rings is 2. The van der Waals surface area contributed by atoms with Crippen molar-refractivity contribution in [2.45, 2.75) is 32.2 Å². The number of H-pyrrole nitrogens is 1. The Morgan fingerprint density at radius 3 is 2.42 bits per heavy atom. The fourth-order valence-electron chi connectivity index (χ4n) is 4.54. The molecule has 0 atom stereocenters. The number of anilines is 2. The van der Waals surface area contributed by atoms with E-state index in [-0.39, 0.29) is 17.6 Å². The van der Waals surface area contributed by atoms with Crippen LogP contribution in [-0.4, -0.2) is 42.1 Å². The van der Waals surface area contributed by atoms with Crippen LogP contribution in [0.2, 0.25) is 0 Å². The summed E-state index contributed by atoms with van der Waals surface area (Å²) in [7, 11) is 1.69. The van der Waals surface area contributed by atoms with E-state index in [4.69, 9.17) is 0 Å². The Hall–Kier alpha value is -3.72. The van der Waals surface area contributed by atoms with Crippen molar-refractivity contribution in [3.8, 4) is 0 Å². The van der Waals surface area contributed by atoms with Gasteiger partial charge in [0.25, 0.3) is 11.8 Å². The predicted octanol–water partition coefficient (Wildman–Crippen LogP) is 5.31. The zero-order chi connectivity index (χ0) is 25.4. The van der Waals surface area contributed by atoms with Gasteiger partial charge in [0.05, 0.1) is 15.8 Å². The molecule has 0 aliphatic carbocycles. The molecule has 0 bridgehead atoms. The van der Waals surface area contributed by atoms with Crippen molar-refractivity contribution in [2.24, 2.45) is 0 Å². The molecule has 1 saturated heterocycles. The first-order valence-electron chi connectivity index (χ1n) is 11.9. The van der Waals surface area contributed by atoms with Gasteiger partial charge in [-0.3, -0.25) is 19.6 Å². The third-order valence-corrected chi connectivity index (χ3v) is 7.70. The Bertz CT molecular complexity index is 1400. The molecule has 0 spiro atoms. The first kappa shape index (κ1) is 24.0. The number of rotatable bonds is 6. The molecule has 4 aromatic rings. The molecule has 2 aromatic heterocycles. The summed E-state index contributed by atoms with van der Waals surface area (Å²) in [5.74, 6) is -0.214. The fraction of sp³-hybridized carbons (Fsp3) is 0.296. The van der Waals surface area contributed by atoms with Crippen molar-refractivity contribution in [1.82, 2.24) is 15.5 Å². The average molecular weight is 506 g/mol. The number of amides is 2. The standard InChI is InChI=1S/C27H28FN5O2S/c1-27(2,18-8-10-19(28)11-9-18)29-24(34)22-16-21-23(30-31-25(21)36-22)32(3)26(35)17-6-12-20(13-7-17)33-14-4-5-15-33/h6-13,16H,4-5,14-15H2,1-3H3,(H,29,34)(H,30,31). The van der Waals surface area contributed by atoms with Gasteiger partial charge in [-0.15, -0.1) is 11.3 Å². The normalized spacial score (nSPS) is 13.8. The molecule has 9 heteroatoms. The van der Waals surface area contributed by atoms with E-state index < -0.39 is 5.54 Å². The van der Waals surface area contributed by atoms with E-state index in [2.05, 4.69) is 20.4 Å². The number of hydrogen-bond donors (Lipinski definition) is 2. The van der Waals surface area contributed by atoms with Gasteiger partial charge in [0.1, 0.15) is 16.5 Å². The van der Waals surface area contributed by atoms with Gasteiger partial charge in [0, 0.05) is 31.4 Å². The average Bonchev–Trinajstić information content (AvgIpc) is 3.61. The van der Waals surface area contributed by atoms with Crippen molar-refractivity contribution in [3.05, 3.63) is 76.4 Å². The number of nitrogens with zero attached hydrogens (tertiary/aromatic N) is 3. The molecule has 1 fully saturated rings. The zero-order valence-corrected chi connectivity index (χ0v) is 21.3. The summed E-state index contributed by atoms with van der Waals surface area (Å²) >= 11 is 1.25. The highest BCUT2D eigenvalue weighted by Gasteiger charge is 2.26. The zero-order valence-electron chi connectivity index (χ0n) is 20.5. The monoisotopic (exact) mass is 505 g/mol. The third-order valence-electron chi connectivity index (χ3n) is 6.67. The Balaban J connectivity index is 1.33. The summed E-state index contributed by atoms with van der Waals surface area (Å²) in [4.78, 5) is 31.2. The molecule has 0 saturated carbocycles. The second-order valence-electron chi connectivity index (χ2n) is 9.59. The van der Waals surface area contributed by atoms with Crippen LogP contribution in [0, 0.1) is 5.82 Å². The Labute approximate surface area is 212 Å². The van der Waals surface area contributed by atoms with E-state index in [0.29, 0.717) is 26.5 Å². The molecular formula is C27H28FN5O2S. The number of aromatic nitrogens is 2. The van der Waals surface area contributed by atoms with Gasteiger partial charge >= 0.3 is 0 Å². The van der Waals surface area contributed by atoms with Crippen LogP contribution in [0.25, 0.3) is 10.2 Å². The number of carbonyl (C=O) groups excluding carboxylic acids is 2. The van der Waals surface area contributed by atoms with Gasteiger partial charge in [0.2, 0.25) is 0 Å². The lowest BCUT2D eigenvalue weighted by Crippen LogP contribution is -2.40. The minimum absolute atomic E-state index is 0.164. The summed E-state index contributed by atoms with van der Waals surface area (Å²) < 4.78 is 13.3. The molecule has 0 radical (unpaired) electrons. The number of halogens is 1. The second-order valence-corrected chi connectivity index (χ2v) is 10.6. The van der Waals surface area contributed by atoms with Crippen LogP contribution >= 0.6 is 11.3 Å².